The third kappa shape index (κ3) is 2.59. The van der Waals surface area contributed by atoms with E-state index in [9.17, 15) is 4.79 Å². The number of rotatable bonds is 3. The molecule has 1 saturated heterocycles. The van der Waals surface area contributed by atoms with Crippen molar-refractivity contribution in [1.82, 2.24) is 25.0 Å². The predicted octanol–water partition coefficient (Wildman–Crippen LogP) is 2.32. The molecular formula is C18H25N5O. The monoisotopic (exact) mass is 327 g/mol. The van der Waals surface area contributed by atoms with Gasteiger partial charge in [-0.15, -0.1) is 0 Å². The Kier molecular flexibility index (Phi) is 3.79. The molecule has 0 aromatic carbocycles. The molecule has 0 radical (unpaired) electrons. The van der Waals surface area contributed by atoms with Crippen LogP contribution in [0.15, 0.2) is 12.3 Å². The van der Waals surface area contributed by atoms with Gasteiger partial charge in [-0.05, 0) is 39.7 Å². The van der Waals surface area contributed by atoms with E-state index in [0.29, 0.717) is 5.92 Å². The first-order chi connectivity index (χ1) is 11.6. The maximum Gasteiger partial charge on any atom is 0.255 e. The Morgan fingerprint density at radius 3 is 2.83 bits per heavy atom. The summed E-state index contributed by atoms with van der Waals surface area (Å²) in [5.74, 6) is 0.624. The highest BCUT2D eigenvalue weighted by atomic mass is 16.2. The molecule has 1 amide bonds. The maximum absolute atomic E-state index is 13.2. The number of fused-ring (bicyclic) bond motifs is 1. The van der Waals surface area contributed by atoms with Crippen molar-refractivity contribution in [3.63, 3.8) is 0 Å². The van der Waals surface area contributed by atoms with Gasteiger partial charge in [0, 0.05) is 43.3 Å². The predicted molar refractivity (Wildman–Crippen MR) is 93.3 cm³/mol. The van der Waals surface area contributed by atoms with E-state index >= 15 is 0 Å². The van der Waals surface area contributed by atoms with Gasteiger partial charge in [0.2, 0.25) is 0 Å². The third-order valence-corrected chi connectivity index (χ3v) is 5.06. The number of pyridine rings is 1. The van der Waals surface area contributed by atoms with E-state index in [-0.39, 0.29) is 18.0 Å². The van der Waals surface area contributed by atoms with Crippen LogP contribution in [0.25, 0.3) is 11.0 Å². The van der Waals surface area contributed by atoms with Crippen molar-refractivity contribution < 1.29 is 4.79 Å². The summed E-state index contributed by atoms with van der Waals surface area (Å²) in [6.07, 6.45) is 4.15. The summed E-state index contributed by atoms with van der Waals surface area (Å²) in [6.45, 7) is 8.74. The molecule has 0 spiro atoms. The highest BCUT2D eigenvalue weighted by Gasteiger charge is 2.31. The first kappa shape index (κ1) is 15.6. The average Bonchev–Trinajstić information content (AvgIpc) is 3.32. The molecule has 4 rings (SSSR count). The van der Waals surface area contributed by atoms with Crippen LogP contribution in [0.4, 0.5) is 0 Å². The maximum atomic E-state index is 13.2. The van der Waals surface area contributed by atoms with E-state index in [4.69, 9.17) is 4.98 Å². The number of hydrogen-bond donors (Lipinski definition) is 1. The highest BCUT2D eigenvalue weighted by molar-refractivity contribution is 6.05. The Bertz CT molecular complexity index is 777. The van der Waals surface area contributed by atoms with Gasteiger partial charge in [-0.1, -0.05) is 0 Å². The van der Waals surface area contributed by atoms with Crippen molar-refractivity contribution in [3.8, 4) is 0 Å². The molecule has 1 aliphatic carbocycles. The van der Waals surface area contributed by atoms with Crippen molar-refractivity contribution in [2.45, 2.75) is 51.6 Å². The summed E-state index contributed by atoms with van der Waals surface area (Å²) in [6, 6.07) is 2.45. The summed E-state index contributed by atoms with van der Waals surface area (Å²) in [5.41, 5.74) is 2.67. The molecule has 2 aromatic rings. The van der Waals surface area contributed by atoms with Crippen LogP contribution < -0.4 is 5.32 Å². The summed E-state index contributed by atoms with van der Waals surface area (Å²) in [4.78, 5) is 20.1. The summed E-state index contributed by atoms with van der Waals surface area (Å²) in [7, 11) is 0. The van der Waals surface area contributed by atoms with Crippen LogP contribution in [0.5, 0.6) is 0 Å². The van der Waals surface area contributed by atoms with Crippen LogP contribution >= 0.6 is 0 Å². The van der Waals surface area contributed by atoms with Crippen LogP contribution in [0.3, 0.4) is 0 Å². The molecule has 1 atom stereocenters. The Labute approximate surface area is 142 Å². The second-order valence-electron chi connectivity index (χ2n) is 7.34. The molecule has 0 unspecified atom stereocenters. The van der Waals surface area contributed by atoms with Crippen molar-refractivity contribution in [3.05, 3.63) is 23.5 Å². The lowest BCUT2D eigenvalue weighted by Crippen LogP contribution is -2.52. The molecule has 6 heteroatoms. The minimum absolute atomic E-state index is 0.113. The van der Waals surface area contributed by atoms with Crippen molar-refractivity contribution >= 4 is 16.9 Å². The molecule has 24 heavy (non-hydrogen) atoms. The SMILES string of the molecule is CC(C)n1ncc2c(C(=O)N3CCNC[C@H]3C)cc(C3CC3)nc21. The molecule has 2 fully saturated rings. The molecule has 0 bridgehead atoms. The molecule has 1 saturated carbocycles. The molecule has 3 heterocycles. The van der Waals surface area contributed by atoms with Crippen LogP contribution in [-0.2, 0) is 0 Å². The first-order valence-corrected chi connectivity index (χ1v) is 8.96. The van der Waals surface area contributed by atoms with Gasteiger partial charge >= 0.3 is 0 Å². The number of hydrogen-bond acceptors (Lipinski definition) is 4. The topological polar surface area (TPSA) is 63.1 Å². The minimum Gasteiger partial charge on any atom is -0.333 e. The second kappa shape index (κ2) is 5.84. The molecular weight excluding hydrogens is 302 g/mol. The zero-order chi connectivity index (χ0) is 16.8. The number of carbonyl (C=O) groups is 1. The smallest absolute Gasteiger partial charge is 0.255 e. The summed E-state index contributed by atoms with van der Waals surface area (Å²) in [5, 5.41) is 8.72. The van der Waals surface area contributed by atoms with Crippen molar-refractivity contribution in [2.24, 2.45) is 0 Å². The van der Waals surface area contributed by atoms with E-state index in [2.05, 4.69) is 31.2 Å². The van der Waals surface area contributed by atoms with E-state index in [1.54, 1.807) is 6.20 Å². The van der Waals surface area contributed by atoms with Gasteiger partial charge in [0.15, 0.2) is 5.65 Å². The highest BCUT2D eigenvalue weighted by Crippen LogP contribution is 2.40. The Balaban J connectivity index is 1.82. The van der Waals surface area contributed by atoms with Crippen LogP contribution in [0.2, 0.25) is 0 Å². The summed E-state index contributed by atoms with van der Waals surface area (Å²) >= 11 is 0. The van der Waals surface area contributed by atoms with E-state index in [1.165, 1.54) is 12.8 Å². The van der Waals surface area contributed by atoms with Crippen molar-refractivity contribution in [1.29, 1.82) is 0 Å². The van der Waals surface area contributed by atoms with Gasteiger partial charge in [-0.2, -0.15) is 5.10 Å². The summed E-state index contributed by atoms with van der Waals surface area (Å²) < 4.78 is 1.93. The number of piperazine rings is 1. The molecule has 128 valence electrons. The van der Waals surface area contributed by atoms with E-state index in [1.807, 2.05) is 15.6 Å². The average molecular weight is 327 g/mol. The fourth-order valence-corrected chi connectivity index (χ4v) is 3.48. The standard InChI is InChI=1S/C18H25N5O/c1-11(2)23-17-15(10-20-23)14(8-16(21-17)13-4-5-13)18(24)22-7-6-19-9-12(22)3/h8,10-13,19H,4-7,9H2,1-3H3/t12-/m1/s1. The fraction of sp³-hybridized carbons (Fsp3) is 0.611. The van der Waals surface area contributed by atoms with Gasteiger partial charge in [0.1, 0.15) is 0 Å². The number of carbonyl (C=O) groups excluding carboxylic acids is 1. The lowest BCUT2D eigenvalue weighted by atomic mass is 10.1. The van der Waals surface area contributed by atoms with Gasteiger partial charge in [-0.3, -0.25) is 4.79 Å². The zero-order valence-electron chi connectivity index (χ0n) is 14.6. The van der Waals surface area contributed by atoms with E-state index < -0.39 is 0 Å². The first-order valence-electron chi connectivity index (χ1n) is 8.96. The van der Waals surface area contributed by atoms with Crippen LogP contribution in [0.1, 0.15) is 61.6 Å². The van der Waals surface area contributed by atoms with Crippen molar-refractivity contribution in [2.75, 3.05) is 19.6 Å². The Morgan fingerprint density at radius 1 is 1.38 bits per heavy atom. The fourth-order valence-electron chi connectivity index (χ4n) is 3.48. The van der Waals surface area contributed by atoms with E-state index in [0.717, 1.165) is 41.9 Å². The second-order valence-corrected chi connectivity index (χ2v) is 7.34. The quantitative estimate of drug-likeness (QED) is 0.940. The molecule has 2 aromatic heterocycles. The Hall–Kier alpha value is -1.95. The van der Waals surface area contributed by atoms with Crippen LogP contribution in [0, 0.1) is 0 Å². The number of nitrogens with one attached hydrogen (secondary N) is 1. The van der Waals surface area contributed by atoms with Gasteiger partial charge < -0.3 is 10.2 Å². The third-order valence-electron chi connectivity index (χ3n) is 5.06. The minimum atomic E-state index is 0.113. The normalized spacial score (nSPS) is 21.7. The largest absolute Gasteiger partial charge is 0.333 e. The molecule has 1 aliphatic heterocycles. The molecule has 2 aliphatic rings. The molecule has 1 N–H and O–H groups in total. The van der Waals surface area contributed by atoms with Gasteiger partial charge in [-0.25, -0.2) is 9.67 Å². The van der Waals surface area contributed by atoms with Crippen LogP contribution in [-0.4, -0.2) is 51.2 Å². The lowest BCUT2D eigenvalue weighted by Gasteiger charge is -2.34. The van der Waals surface area contributed by atoms with Gasteiger partial charge in [0.05, 0.1) is 17.1 Å². The number of amides is 1. The number of aromatic nitrogens is 3. The van der Waals surface area contributed by atoms with Gasteiger partial charge in [0.25, 0.3) is 5.91 Å². The number of nitrogens with zero attached hydrogens (tertiary/aromatic N) is 4. The lowest BCUT2D eigenvalue weighted by molar-refractivity contribution is 0.0657. The molecule has 6 nitrogen and oxygen atoms in total. The Morgan fingerprint density at radius 2 is 2.17 bits per heavy atom. The zero-order valence-corrected chi connectivity index (χ0v) is 14.6.